The first-order valence-corrected chi connectivity index (χ1v) is 6.07. The number of ether oxygens (including phenoxy) is 3. The molecular weight excluding hydrogens is 236 g/mol. The predicted octanol–water partition coefficient (Wildman–Crippen LogP) is 0.569. The van der Waals surface area contributed by atoms with Crippen LogP contribution in [-0.2, 0) is 14.2 Å². The molecule has 0 aromatic heterocycles. The zero-order valence-electron chi connectivity index (χ0n) is 9.81. The standard InChI is InChI=1S/C13H16O5/c14-9-6-11(15)17-10-7-16-13(18-12(9)10)8-4-2-1-3-5-8/h1-5,9-15H,6-7H2/t9-,10-,11?,12+,13?/m1/s1. The minimum absolute atomic E-state index is 0.169. The van der Waals surface area contributed by atoms with Crippen molar-refractivity contribution in [2.24, 2.45) is 0 Å². The van der Waals surface area contributed by atoms with Crippen LogP contribution in [0.2, 0.25) is 0 Å². The number of aliphatic hydroxyl groups excluding tert-OH is 2. The quantitative estimate of drug-likeness (QED) is 0.764. The van der Waals surface area contributed by atoms with Crippen LogP contribution < -0.4 is 0 Å². The fourth-order valence-electron chi connectivity index (χ4n) is 2.38. The molecule has 5 heteroatoms. The van der Waals surface area contributed by atoms with E-state index in [9.17, 15) is 10.2 Å². The molecule has 0 spiro atoms. The molecule has 98 valence electrons. The van der Waals surface area contributed by atoms with Gasteiger partial charge in [-0.15, -0.1) is 0 Å². The Kier molecular flexibility index (Phi) is 3.32. The van der Waals surface area contributed by atoms with Gasteiger partial charge in [-0.1, -0.05) is 30.3 Å². The van der Waals surface area contributed by atoms with E-state index in [0.29, 0.717) is 6.61 Å². The van der Waals surface area contributed by atoms with Gasteiger partial charge in [0.1, 0.15) is 12.2 Å². The molecular formula is C13H16O5. The van der Waals surface area contributed by atoms with Crippen LogP contribution in [0.25, 0.3) is 0 Å². The van der Waals surface area contributed by atoms with E-state index in [1.54, 1.807) is 0 Å². The molecule has 2 aliphatic rings. The lowest BCUT2D eigenvalue weighted by atomic mass is 10.0. The highest BCUT2D eigenvalue weighted by atomic mass is 16.7. The van der Waals surface area contributed by atoms with Gasteiger partial charge >= 0.3 is 0 Å². The zero-order chi connectivity index (χ0) is 12.5. The second-order valence-corrected chi connectivity index (χ2v) is 4.61. The van der Waals surface area contributed by atoms with E-state index in [1.165, 1.54) is 0 Å². The highest BCUT2D eigenvalue weighted by Crippen LogP contribution is 2.33. The van der Waals surface area contributed by atoms with Gasteiger partial charge in [0, 0.05) is 12.0 Å². The molecule has 1 aromatic rings. The van der Waals surface area contributed by atoms with E-state index < -0.39 is 30.9 Å². The molecule has 5 atom stereocenters. The molecule has 2 aliphatic heterocycles. The smallest absolute Gasteiger partial charge is 0.184 e. The largest absolute Gasteiger partial charge is 0.390 e. The summed E-state index contributed by atoms with van der Waals surface area (Å²) in [7, 11) is 0. The molecule has 0 radical (unpaired) electrons. The normalized spacial score (nSPS) is 40.2. The molecule has 18 heavy (non-hydrogen) atoms. The predicted molar refractivity (Wildman–Crippen MR) is 61.5 cm³/mol. The summed E-state index contributed by atoms with van der Waals surface area (Å²) in [6.07, 6.45) is -2.85. The summed E-state index contributed by atoms with van der Waals surface area (Å²) in [6, 6.07) is 9.56. The fourth-order valence-corrected chi connectivity index (χ4v) is 2.38. The van der Waals surface area contributed by atoms with Gasteiger partial charge in [0.15, 0.2) is 12.6 Å². The third-order valence-electron chi connectivity index (χ3n) is 3.29. The number of aliphatic hydroxyl groups is 2. The number of fused-ring (bicyclic) bond motifs is 1. The molecule has 0 aliphatic carbocycles. The summed E-state index contributed by atoms with van der Waals surface area (Å²) < 4.78 is 16.6. The minimum Gasteiger partial charge on any atom is -0.390 e. The van der Waals surface area contributed by atoms with E-state index in [1.807, 2.05) is 30.3 Å². The van der Waals surface area contributed by atoms with Crippen LogP contribution in [0.3, 0.4) is 0 Å². The molecule has 2 unspecified atom stereocenters. The van der Waals surface area contributed by atoms with Crippen LogP contribution in [0, 0.1) is 0 Å². The molecule has 3 rings (SSSR count). The molecule has 5 nitrogen and oxygen atoms in total. The molecule has 2 heterocycles. The Labute approximate surface area is 105 Å². The van der Waals surface area contributed by atoms with Gasteiger partial charge in [0.05, 0.1) is 12.7 Å². The molecule has 1 aromatic carbocycles. The van der Waals surface area contributed by atoms with Gasteiger partial charge < -0.3 is 24.4 Å². The molecule has 2 saturated heterocycles. The first-order chi connectivity index (χ1) is 8.74. The Bertz CT molecular complexity index is 396. The summed E-state index contributed by atoms with van der Waals surface area (Å²) in [5, 5.41) is 19.3. The van der Waals surface area contributed by atoms with E-state index in [-0.39, 0.29) is 6.42 Å². The Morgan fingerprint density at radius 3 is 2.61 bits per heavy atom. The first kappa shape index (κ1) is 12.1. The number of hydrogen-bond acceptors (Lipinski definition) is 5. The third kappa shape index (κ3) is 2.28. The van der Waals surface area contributed by atoms with Gasteiger partial charge in [0.2, 0.25) is 0 Å². The van der Waals surface area contributed by atoms with Crippen molar-refractivity contribution in [3.8, 4) is 0 Å². The Morgan fingerprint density at radius 1 is 1.06 bits per heavy atom. The topological polar surface area (TPSA) is 68.2 Å². The number of rotatable bonds is 1. The molecule has 2 fully saturated rings. The zero-order valence-corrected chi connectivity index (χ0v) is 9.81. The van der Waals surface area contributed by atoms with Gasteiger partial charge in [-0.2, -0.15) is 0 Å². The van der Waals surface area contributed by atoms with Crippen LogP contribution >= 0.6 is 0 Å². The second kappa shape index (κ2) is 4.95. The molecule has 0 saturated carbocycles. The summed E-state index contributed by atoms with van der Waals surface area (Å²) >= 11 is 0. The molecule has 0 bridgehead atoms. The Balaban J connectivity index is 1.73. The van der Waals surface area contributed by atoms with Crippen molar-refractivity contribution in [3.05, 3.63) is 35.9 Å². The van der Waals surface area contributed by atoms with Crippen molar-refractivity contribution in [3.63, 3.8) is 0 Å². The summed E-state index contributed by atoms with van der Waals surface area (Å²) in [6.45, 7) is 0.304. The average molecular weight is 252 g/mol. The van der Waals surface area contributed by atoms with Crippen molar-refractivity contribution in [2.75, 3.05) is 6.61 Å². The first-order valence-electron chi connectivity index (χ1n) is 6.07. The summed E-state index contributed by atoms with van der Waals surface area (Å²) in [5.74, 6) is 0. The third-order valence-corrected chi connectivity index (χ3v) is 3.29. The fraction of sp³-hybridized carbons (Fsp3) is 0.538. The van der Waals surface area contributed by atoms with E-state index in [4.69, 9.17) is 14.2 Å². The van der Waals surface area contributed by atoms with Gasteiger partial charge in [0.25, 0.3) is 0 Å². The van der Waals surface area contributed by atoms with Crippen LogP contribution in [0.4, 0.5) is 0 Å². The number of hydrogen-bond donors (Lipinski definition) is 2. The average Bonchev–Trinajstić information content (AvgIpc) is 2.39. The van der Waals surface area contributed by atoms with Crippen molar-refractivity contribution in [2.45, 2.75) is 37.3 Å². The van der Waals surface area contributed by atoms with Crippen molar-refractivity contribution < 1.29 is 24.4 Å². The van der Waals surface area contributed by atoms with Crippen LogP contribution in [-0.4, -0.2) is 41.4 Å². The highest BCUT2D eigenvalue weighted by molar-refractivity contribution is 5.16. The van der Waals surface area contributed by atoms with Gasteiger partial charge in [-0.05, 0) is 0 Å². The lowest BCUT2D eigenvalue weighted by Gasteiger charge is -2.43. The summed E-state index contributed by atoms with van der Waals surface area (Å²) in [4.78, 5) is 0. The van der Waals surface area contributed by atoms with Gasteiger partial charge in [-0.25, -0.2) is 0 Å². The lowest BCUT2D eigenvalue weighted by molar-refractivity contribution is -0.331. The highest BCUT2D eigenvalue weighted by Gasteiger charge is 2.43. The van der Waals surface area contributed by atoms with Crippen molar-refractivity contribution in [1.82, 2.24) is 0 Å². The van der Waals surface area contributed by atoms with E-state index in [2.05, 4.69) is 0 Å². The molecule has 0 amide bonds. The van der Waals surface area contributed by atoms with Crippen molar-refractivity contribution in [1.29, 1.82) is 0 Å². The van der Waals surface area contributed by atoms with Crippen LogP contribution in [0.1, 0.15) is 18.3 Å². The van der Waals surface area contributed by atoms with E-state index >= 15 is 0 Å². The Hall–Kier alpha value is -0.980. The number of benzene rings is 1. The molecule has 2 N–H and O–H groups in total. The summed E-state index contributed by atoms with van der Waals surface area (Å²) in [5.41, 5.74) is 0.911. The maximum atomic E-state index is 9.92. The lowest BCUT2D eigenvalue weighted by Crippen LogP contribution is -2.54. The van der Waals surface area contributed by atoms with Crippen LogP contribution in [0.15, 0.2) is 30.3 Å². The minimum atomic E-state index is -0.943. The maximum Gasteiger partial charge on any atom is 0.184 e. The van der Waals surface area contributed by atoms with Crippen LogP contribution in [0.5, 0.6) is 0 Å². The van der Waals surface area contributed by atoms with Crippen molar-refractivity contribution >= 4 is 0 Å². The second-order valence-electron chi connectivity index (χ2n) is 4.61. The Morgan fingerprint density at radius 2 is 1.83 bits per heavy atom. The monoisotopic (exact) mass is 252 g/mol. The SMILES string of the molecule is OC1C[C@@H](O)[C@@H]2OC(c3ccccc3)OC[C@H]2O1. The van der Waals surface area contributed by atoms with Gasteiger partial charge in [-0.3, -0.25) is 0 Å². The van der Waals surface area contributed by atoms with E-state index in [0.717, 1.165) is 5.56 Å². The maximum absolute atomic E-state index is 9.92.